The van der Waals surface area contributed by atoms with Crippen LogP contribution in [-0.4, -0.2) is 22.4 Å². The molecule has 5 nitrogen and oxygen atoms in total. The minimum atomic E-state index is -0.464. The van der Waals surface area contributed by atoms with Gasteiger partial charge in [-0.2, -0.15) is 0 Å². The number of carbonyl (C=O) groups excluding carboxylic acids is 1. The maximum Gasteiger partial charge on any atom is 0.252 e. The molecule has 0 bridgehead atoms. The highest BCUT2D eigenvalue weighted by Crippen LogP contribution is 2.19. The number of aromatic nitrogens is 2. The van der Waals surface area contributed by atoms with Crippen LogP contribution in [0.15, 0.2) is 18.3 Å². The molecule has 0 saturated carbocycles. The molecular weight excluding hydrogens is 230 g/mol. The van der Waals surface area contributed by atoms with Crippen molar-refractivity contribution in [3.05, 3.63) is 35.3 Å². The second-order valence-corrected chi connectivity index (χ2v) is 4.55. The lowest BCUT2D eigenvalue weighted by atomic mass is 10.1. The molecular formula is C13H17N3O2. The third-order valence-corrected chi connectivity index (χ3v) is 2.87. The zero-order valence-electron chi connectivity index (χ0n) is 10.8. The minimum Gasteiger partial charge on any atom is -0.378 e. The number of methoxy groups -OCH3 is 1. The second-order valence-electron chi connectivity index (χ2n) is 4.55. The van der Waals surface area contributed by atoms with E-state index in [4.69, 9.17) is 10.5 Å². The highest BCUT2D eigenvalue weighted by atomic mass is 16.5. The summed E-state index contributed by atoms with van der Waals surface area (Å²) >= 11 is 0. The van der Waals surface area contributed by atoms with Crippen molar-refractivity contribution < 1.29 is 9.53 Å². The Morgan fingerprint density at radius 1 is 1.56 bits per heavy atom. The molecule has 96 valence electrons. The number of carbonyl (C=O) groups is 1. The van der Waals surface area contributed by atoms with Gasteiger partial charge in [-0.1, -0.05) is 13.8 Å². The molecule has 2 heterocycles. The maximum atomic E-state index is 11.4. The van der Waals surface area contributed by atoms with Crippen molar-refractivity contribution >= 4 is 11.6 Å². The fourth-order valence-electron chi connectivity index (χ4n) is 1.91. The average Bonchev–Trinajstić information content (AvgIpc) is 2.73. The summed E-state index contributed by atoms with van der Waals surface area (Å²) in [6.07, 6.45) is 1.79. The van der Waals surface area contributed by atoms with Crippen molar-refractivity contribution in [2.45, 2.75) is 26.4 Å². The summed E-state index contributed by atoms with van der Waals surface area (Å²) in [6, 6.07) is 3.68. The number of nitrogens with zero attached hydrogens (tertiary/aromatic N) is 2. The third kappa shape index (κ3) is 2.09. The van der Waals surface area contributed by atoms with Crippen LogP contribution in [0, 0.1) is 0 Å². The molecule has 0 unspecified atom stereocenters. The molecule has 0 saturated heterocycles. The van der Waals surface area contributed by atoms with E-state index in [-0.39, 0.29) is 5.92 Å². The van der Waals surface area contributed by atoms with Gasteiger partial charge < -0.3 is 14.9 Å². The van der Waals surface area contributed by atoms with Gasteiger partial charge in [-0.3, -0.25) is 4.79 Å². The van der Waals surface area contributed by atoms with Gasteiger partial charge in [0, 0.05) is 19.0 Å². The van der Waals surface area contributed by atoms with Gasteiger partial charge >= 0.3 is 0 Å². The van der Waals surface area contributed by atoms with E-state index in [9.17, 15) is 4.79 Å². The topological polar surface area (TPSA) is 69.6 Å². The van der Waals surface area contributed by atoms with Crippen molar-refractivity contribution in [3.63, 3.8) is 0 Å². The molecule has 0 aromatic carbocycles. The van der Waals surface area contributed by atoms with Crippen LogP contribution in [0.1, 0.15) is 41.5 Å². The number of ether oxygens (including phenoxy) is 1. The SMILES string of the molecule is COCc1cc(C(C)C)nc2c(C(N)=O)ccn12. The molecule has 2 aromatic heterocycles. The number of amides is 1. The number of hydrogen-bond donors (Lipinski definition) is 1. The van der Waals surface area contributed by atoms with Crippen LogP contribution in [0.25, 0.3) is 5.65 Å². The molecule has 0 aliphatic heterocycles. The summed E-state index contributed by atoms with van der Waals surface area (Å²) in [7, 11) is 1.64. The van der Waals surface area contributed by atoms with E-state index in [0.29, 0.717) is 17.8 Å². The van der Waals surface area contributed by atoms with Crippen LogP contribution in [0.4, 0.5) is 0 Å². The first kappa shape index (κ1) is 12.6. The third-order valence-electron chi connectivity index (χ3n) is 2.87. The lowest BCUT2D eigenvalue weighted by molar-refractivity contribution is 0.100. The molecule has 2 rings (SSSR count). The summed E-state index contributed by atoms with van der Waals surface area (Å²) in [5.41, 5.74) is 8.27. The summed E-state index contributed by atoms with van der Waals surface area (Å²) < 4.78 is 7.02. The number of nitrogens with two attached hydrogens (primary N) is 1. The molecule has 0 aliphatic rings. The standard InChI is InChI=1S/C13H17N3O2/c1-8(2)11-6-9(7-18-3)16-5-4-10(12(14)17)13(16)15-11/h4-6,8H,7H2,1-3H3,(H2,14,17). The number of rotatable bonds is 4. The zero-order chi connectivity index (χ0) is 13.3. The van der Waals surface area contributed by atoms with E-state index in [2.05, 4.69) is 18.8 Å². The average molecular weight is 247 g/mol. The highest BCUT2D eigenvalue weighted by Gasteiger charge is 2.14. The molecule has 0 aliphatic carbocycles. The number of fused-ring (bicyclic) bond motifs is 1. The van der Waals surface area contributed by atoms with Crippen LogP contribution >= 0.6 is 0 Å². The summed E-state index contributed by atoms with van der Waals surface area (Å²) in [5.74, 6) is -0.185. The van der Waals surface area contributed by atoms with Crippen LogP contribution in [0.2, 0.25) is 0 Å². The fourth-order valence-corrected chi connectivity index (χ4v) is 1.91. The van der Waals surface area contributed by atoms with E-state index in [1.165, 1.54) is 0 Å². The summed E-state index contributed by atoms with van der Waals surface area (Å²) in [6.45, 7) is 4.58. The monoisotopic (exact) mass is 247 g/mol. The first-order valence-corrected chi connectivity index (χ1v) is 5.84. The van der Waals surface area contributed by atoms with Gasteiger partial charge in [0.15, 0.2) is 0 Å². The van der Waals surface area contributed by atoms with Gasteiger partial charge in [0.25, 0.3) is 5.91 Å². The number of primary amides is 1. The van der Waals surface area contributed by atoms with Gasteiger partial charge in [-0.15, -0.1) is 0 Å². The van der Waals surface area contributed by atoms with Crippen molar-refractivity contribution in [1.29, 1.82) is 0 Å². The van der Waals surface area contributed by atoms with Gasteiger partial charge in [-0.25, -0.2) is 4.98 Å². The van der Waals surface area contributed by atoms with Crippen molar-refractivity contribution in [2.24, 2.45) is 5.73 Å². The Morgan fingerprint density at radius 2 is 2.28 bits per heavy atom. The Hall–Kier alpha value is -1.88. The highest BCUT2D eigenvalue weighted by molar-refractivity contribution is 5.99. The van der Waals surface area contributed by atoms with E-state index >= 15 is 0 Å². The quantitative estimate of drug-likeness (QED) is 0.894. The van der Waals surface area contributed by atoms with Crippen molar-refractivity contribution in [2.75, 3.05) is 7.11 Å². The van der Waals surface area contributed by atoms with E-state index in [0.717, 1.165) is 11.4 Å². The van der Waals surface area contributed by atoms with E-state index in [1.54, 1.807) is 19.4 Å². The fraction of sp³-hybridized carbons (Fsp3) is 0.385. The summed E-state index contributed by atoms with van der Waals surface area (Å²) in [5, 5.41) is 0. The maximum absolute atomic E-state index is 11.4. The Labute approximate surface area is 106 Å². The van der Waals surface area contributed by atoms with Crippen LogP contribution in [0.3, 0.4) is 0 Å². The van der Waals surface area contributed by atoms with Crippen molar-refractivity contribution in [1.82, 2.24) is 9.38 Å². The van der Waals surface area contributed by atoms with Crippen LogP contribution in [-0.2, 0) is 11.3 Å². The van der Waals surface area contributed by atoms with Gasteiger partial charge in [0.2, 0.25) is 0 Å². The van der Waals surface area contributed by atoms with E-state index < -0.39 is 5.91 Å². The smallest absolute Gasteiger partial charge is 0.252 e. The normalized spacial score (nSPS) is 11.3. The molecule has 1 amide bonds. The Morgan fingerprint density at radius 3 is 2.83 bits per heavy atom. The van der Waals surface area contributed by atoms with Crippen LogP contribution in [0.5, 0.6) is 0 Å². The second kappa shape index (κ2) is 4.78. The van der Waals surface area contributed by atoms with Gasteiger partial charge in [-0.05, 0) is 18.1 Å². The van der Waals surface area contributed by atoms with E-state index in [1.807, 2.05) is 10.5 Å². The Balaban J connectivity index is 2.71. The first-order valence-electron chi connectivity index (χ1n) is 5.84. The lowest BCUT2D eigenvalue weighted by Gasteiger charge is -2.11. The van der Waals surface area contributed by atoms with Crippen LogP contribution < -0.4 is 5.73 Å². The molecule has 0 spiro atoms. The van der Waals surface area contributed by atoms with Crippen molar-refractivity contribution in [3.8, 4) is 0 Å². The minimum absolute atomic E-state index is 0.279. The molecule has 2 aromatic rings. The Bertz CT molecular complexity index is 587. The zero-order valence-corrected chi connectivity index (χ0v) is 10.8. The molecule has 0 fully saturated rings. The largest absolute Gasteiger partial charge is 0.378 e. The molecule has 5 heteroatoms. The van der Waals surface area contributed by atoms with Gasteiger partial charge in [0.05, 0.1) is 17.9 Å². The first-order chi connectivity index (χ1) is 8.54. The number of hydrogen-bond acceptors (Lipinski definition) is 3. The molecule has 2 N–H and O–H groups in total. The molecule has 0 atom stereocenters. The molecule has 0 radical (unpaired) electrons. The van der Waals surface area contributed by atoms with Gasteiger partial charge in [0.1, 0.15) is 5.65 Å². The lowest BCUT2D eigenvalue weighted by Crippen LogP contribution is -2.12. The predicted octanol–water partition coefficient (Wildman–Crippen LogP) is 1.70. The Kier molecular flexibility index (Phi) is 3.34. The predicted molar refractivity (Wildman–Crippen MR) is 68.5 cm³/mol. The summed E-state index contributed by atoms with van der Waals surface area (Å²) in [4.78, 5) is 15.9. The molecule has 18 heavy (non-hydrogen) atoms.